The van der Waals surface area contributed by atoms with Gasteiger partial charge in [-0.2, -0.15) is 5.10 Å². The van der Waals surface area contributed by atoms with Crippen LogP contribution in [0.5, 0.6) is 0 Å². The van der Waals surface area contributed by atoms with Crippen LogP contribution < -0.4 is 10.6 Å². The van der Waals surface area contributed by atoms with Gasteiger partial charge in [0.05, 0.1) is 18.8 Å². The Morgan fingerprint density at radius 2 is 2.19 bits per heavy atom. The Morgan fingerprint density at radius 1 is 1.41 bits per heavy atom. The number of aromatic amines is 1. The summed E-state index contributed by atoms with van der Waals surface area (Å²) in [6.07, 6.45) is 3.89. The fourth-order valence-electron chi connectivity index (χ4n) is 3.47. The Kier molecular flexibility index (Phi) is 4.94. The van der Waals surface area contributed by atoms with E-state index in [4.69, 9.17) is 9.47 Å². The molecule has 148 valence electrons. The van der Waals surface area contributed by atoms with Gasteiger partial charge in [0.15, 0.2) is 0 Å². The predicted molar refractivity (Wildman–Crippen MR) is 97.2 cm³/mol. The Labute approximate surface area is 158 Å². The number of nitrogens with one attached hydrogen (secondary N) is 3. The van der Waals surface area contributed by atoms with Gasteiger partial charge in [-0.1, -0.05) is 0 Å². The van der Waals surface area contributed by atoms with E-state index in [1.54, 1.807) is 0 Å². The Morgan fingerprint density at radius 3 is 2.93 bits per heavy atom. The number of carbonyl (C=O) groups is 2. The molecule has 2 saturated heterocycles. The Bertz CT molecular complexity index is 696. The van der Waals surface area contributed by atoms with Gasteiger partial charge in [0.1, 0.15) is 18.0 Å². The first-order chi connectivity index (χ1) is 13.0. The molecule has 1 aromatic rings. The second kappa shape index (κ2) is 7.38. The van der Waals surface area contributed by atoms with Gasteiger partial charge in [-0.15, -0.1) is 0 Å². The quantitative estimate of drug-likeness (QED) is 0.694. The standard InChI is InChI=1S/C18H27N5O4/c1-18(4-5-18)20-17(25)27-12-8-14(26-11-12)13-9-15(22-21-13)19-10-16(24)23-6-2-3-7-23/h9,12,14H,2-8,10-11H2,1H3,(H,20,25)(H2,19,21,22)/t12-,14-/m1/s1. The van der Waals surface area contributed by atoms with Crippen molar-refractivity contribution < 1.29 is 19.1 Å². The predicted octanol–water partition coefficient (Wildman–Crippen LogP) is 1.55. The van der Waals surface area contributed by atoms with Crippen molar-refractivity contribution in [2.24, 2.45) is 0 Å². The van der Waals surface area contributed by atoms with Gasteiger partial charge in [0, 0.05) is 31.1 Å². The van der Waals surface area contributed by atoms with Crippen molar-refractivity contribution in [2.75, 3.05) is 31.6 Å². The van der Waals surface area contributed by atoms with Crippen LogP contribution in [0, 0.1) is 0 Å². The van der Waals surface area contributed by atoms with Crippen molar-refractivity contribution in [1.82, 2.24) is 20.4 Å². The lowest BCUT2D eigenvalue weighted by molar-refractivity contribution is -0.128. The minimum absolute atomic E-state index is 0.0909. The summed E-state index contributed by atoms with van der Waals surface area (Å²) in [7, 11) is 0. The molecular formula is C18H27N5O4. The third-order valence-corrected chi connectivity index (χ3v) is 5.46. The molecule has 3 N–H and O–H groups in total. The number of hydrogen-bond donors (Lipinski definition) is 3. The number of anilines is 1. The molecule has 9 nitrogen and oxygen atoms in total. The van der Waals surface area contributed by atoms with Crippen molar-refractivity contribution in [3.8, 4) is 0 Å². The van der Waals surface area contributed by atoms with Crippen LogP contribution in [0.3, 0.4) is 0 Å². The van der Waals surface area contributed by atoms with E-state index in [0.717, 1.165) is 44.5 Å². The SMILES string of the molecule is CC1(NC(=O)O[C@H]2CO[C@@H](c3cc(NCC(=O)N4CCCC4)n[nH]3)C2)CC1. The van der Waals surface area contributed by atoms with Crippen molar-refractivity contribution in [3.63, 3.8) is 0 Å². The van der Waals surface area contributed by atoms with Crippen LogP contribution in [0.25, 0.3) is 0 Å². The maximum absolute atomic E-state index is 12.1. The molecule has 0 unspecified atom stereocenters. The van der Waals surface area contributed by atoms with Crippen LogP contribution in [0.4, 0.5) is 10.6 Å². The summed E-state index contributed by atoms with van der Waals surface area (Å²) in [6, 6.07) is 1.84. The van der Waals surface area contributed by atoms with Crippen LogP contribution in [0.15, 0.2) is 6.07 Å². The van der Waals surface area contributed by atoms with E-state index in [9.17, 15) is 9.59 Å². The van der Waals surface area contributed by atoms with Crippen LogP contribution in [0.1, 0.15) is 50.8 Å². The van der Waals surface area contributed by atoms with E-state index in [1.165, 1.54) is 0 Å². The van der Waals surface area contributed by atoms with Crippen molar-refractivity contribution in [2.45, 2.75) is 56.8 Å². The zero-order valence-corrected chi connectivity index (χ0v) is 15.6. The third-order valence-electron chi connectivity index (χ3n) is 5.46. The maximum Gasteiger partial charge on any atom is 0.407 e. The van der Waals surface area contributed by atoms with Crippen LogP contribution in [-0.2, 0) is 14.3 Å². The number of hydrogen-bond acceptors (Lipinski definition) is 6. The number of ether oxygens (including phenoxy) is 2. The van der Waals surface area contributed by atoms with Gasteiger partial charge in [-0.3, -0.25) is 9.89 Å². The monoisotopic (exact) mass is 377 g/mol. The van der Waals surface area contributed by atoms with Crippen LogP contribution in [0.2, 0.25) is 0 Å². The highest BCUT2D eigenvalue weighted by Gasteiger charge is 2.40. The maximum atomic E-state index is 12.1. The molecule has 27 heavy (non-hydrogen) atoms. The lowest BCUT2D eigenvalue weighted by atomic mass is 10.1. The summed E-state index contributed by atoms with van der Waals surface area (Å²) in [5.41, 5.74) is 0.721. The fourth-order valence-corrected chi connectivity index (χ4v) is 3.47. The first-order valence-corrected chi connectivity index (χ1v) is 9.68. The van der Waals surface area contributed by atoms with E-state index in [0.29, 0.717) is 18.8 Å². The zero-order valence-electron chi connectivity index (χ0n) is 15.6. The number of carbonyl (C=O) groups excluding carboxylic acids is 2. The molecule has 0 spiro atoms. The number of H-pyrrole nitrogens is 1. The minimum atomic E-state index is -0.378. The fraction of sp³-hybridized carbons (Fsp3) is 0.722. The highest BCUT2D eigenvalue weighted by atomic mass is 16.6. The third kappa shape index (κ3) is 4.52. The number of likely N-dealkylation sites (tertiary alicyclic amines) is 1. The normalized spacial score (nSPS) is 26.0. The van der Waals surface area contributed by atoms with Crippen molar-refractivity contribution >= 4 is 17.8 Å². The first-order valence-electron chi connectivity index (χ1n) is 9.68. The molecule has 4 rings (SSSR count). The first kappa shape index (κ1) is 18.1. The van der Waals surface area contributed by atoms with Gasteiger partial charge in [-0.25, -0.2) is 4.79 Å². The number of rotatable bonds is 6. The number of aromatic nitrogens is 2. The molecule has 1 saturated carbocycles. The van der Waals surface area contributed by atoms with E-state index < -0.39 is 0 Å². The molecule has 0 radical (unpaired) electrons. The lowest BCUT2D eigenvalue weighted by Gasteiger charge is -2.15. The van der Waals surface area contributed by atoms with E-state index in [2.05, 4.69) is 20.8 Å². The minimum Gasteiger partial charge on any atom is -0.444 e. The molecule has 3 heterocycles. The molecule has 2 amide bonds. The van der Waals surface area contributed by atoms with E-state index in [-0.39, 0.29) is 36.3 Å². The second-order valence-corrected chi connectivity index (χ2v) is 7.92. The number of nitrogens with zero attached hydrogens (tertiary/aromatic N) is 2. The zero-order chi connectivity index (χ0) is 18.9. The molecule has 1 aliphatic carbocycles. The number of amides is 2. The van der Waals surface area contributed by atoms with E-state index >= 15 is 0 Å². The molecule has 0 bridgehead atoms. The van der Waals surface area contributed by atoms with Crippen LogP contribution in [-0.4, -0.2) is 65.0 Å². The summed E-state index contributed by atoms with van der Waals surface area (Å²) in [5, 5.41) is 13.1. The van der Waals surface area contributed by atoms with Crippen molar-refractivity contribution in [1.29, 1.82) is 0 Å². The molecular weight excluding hydrogens is 350 g/mol. The smallest absolute Gasteiger partial charge is 0.407 e. The average molecular weight is 377 g/mol. The second-order valence-electron chi connectivity index (χ2n) is 7.92. The highest BCUT2D eigenvalue weighted by molar-refractivity contribution is 5.80. The lowest BCUT2D eigenvalue weighted by Crippen LogP contribution is -2.37. The average Bonchev–Trinajstić information content (AvgIpc) is 3.16. The Hall–Kier alpha value is -2.29. The summed E-state index contributed by atoms with van der Waals surface area (Å²) in [6.45, 7) is 4.30. The highest BCUT2D eigenvalue weighted by Crippen LogP contribution is 2.35. The van der Waals surface area contributed by atoms with Gasteiger partial charge < -0.3 is 25.0 Å². The molecule has 0 aromatic carbocycles. The summed E-state index contributed by atoms with van der Waals surface area (Å²) in [5.74, 6) is 0.711. The molecule has 3 aliphatic rings. The number of alkyl carbamates (subject to hydrolysis) is 1. The van der Waals surface area contributed by atoms with Crippen LogP contribution >= 0.6 is 0 Å². The van der Waals surface area contributed by atoms with Crippen molar-refractivity contribution in [3.05, 3.63) is 11.8 Å². The summed E-state index contributed by atoms with van der Waals surface area (Å²) >= 11 is 0. The van der Waals surface area contributed by atoms with Gasteiger partial charge in [0.2, 0.25) is 5.91 Å². The molecule has 1 aromatic heterocycles. The molecule has 2 aliphatic heterocycles. The van der Waals surface area contributed by atoms with Gasteiger partial charge >= 0.3 is 6.09 Å². The summed E-state index contributed by atoms with van der Waals surface area (Å²) in [4.78, 5) is 25.9. The molecule has 9 heteroatoms. The largest absolute Gasteiger partial charge is 0.444 e. The Balaban J connectivity index is 1.22. The topological polar surface area (TPSA) is 109 Å². The van der Waals surface area contributed by atoms with Gasteiger partial charge in [-0.05, 0) is 32.6 Å². The summed E-state index contributed by atoms with van der Waals surface area (Å²) < 4.78 is 11.2. The molecule has 3 fully saturated rings. The van der Waals surface area contributed by atoms with Gasteiger partial charge in [0.25, 0.3) is 0 Å². The molecule has 2 atom stereocenters. The van der Waals surface area contributed by atoms with E-state index in [1.807, 2.05) is 17.9 Å².